The standard InChI is InChI=1S/C44H32/c1-44(2,3)43-38-14-7-6-13-36(38)42(34-18-15-27-9-4-5-10-30(27)23-34)37-22-21-31(26-39(37)43)35-24-32-19-16-28-11-8-12-29-17-20-33(25-35)41(32)40(28)29/h4-26H,1-3H3. The van der Waals surface area contributed by atoms with Crippen molar-refractivity contribution in [3.63, 3.8) is 0 Å². The third-order valence-corrected chi connectivity index (χ3v) is 9.61. The lowest BCUT2D eigenvalue weighted by Crippen LogP contribution is -2.13. The summed E-state index contributed by atoms with van der Waals surface area (Å²) in [6, 6.07) is 52.3. The van der Waals surface area contributed by atoms with Crippen molar-refractivity contribution in [2.24, 2.45) is 0 Å². The van der Waals surface area contributed by atoms with E-state index < -0.39 is 0 Å². The van der Waals surface area contributed by atoms with E-state index >= 15 is 0 Å². The van der Waals surface area contributed by atoms with Crippen LogP contribution in [0.25, 0.3) is 86.9 Å². The second-order valence-electron chi connectivity index (χ2n) is 13.4. The highest BCUT2D eigenvalue weighted by Crippen LogP contribution is 2.46. The van der Waals surface area contributed by atoms with Gasteiger partial charge in [-0.05, 0) is 122 Å². The summed E-state index contributed by atoms with van der Waals surface area (Å²) in [6.45, 7) is 7.05. The van der Waals surface area contributed by atoms with Crippen LogP contribution in [-0.2, 0) is 5.41 Å². The molecule has 0 bridgehead atoms. The second kappa shape index (κ2) is 9.15. The molecule has 0 unspecified atom stereocenters. The maximum atomic E-state index is 2.46. The van der Waals surface area contributed by atoms with Gasteiger partial charge in [0.15, 0.2) is 0 Å². The molecule has 0 atom stereocenters. The summed E-state index contributed by atoms with van der Waals surface area (Å²) < 4.78 is 0. The average Bonchev–Trinajstić information content (AvgIpc) is 3.04. The molecule has 44 heavy (non-hydrogen) atoms. The van der Waals surface area contributed by atoms with E-state index in [0.717, 1.165) is 0 Å². The zero-order valence-electron chi connectivity index (χ0n) is 25.3. The molecule has 0 saturated heterocycles. The molecule has 0 aromatic heterocycles. The Bertz CT molecular complexity index is 2510. The van der Waals surface area contributed by atoms with E-state index in [1.54, 1.807) is 0 Å². The Balaban J connectivity index is 1.35. The Hall–Kier alpha value is -5.20. The van der Waals surface area contributed by atoms with Crippen LogP contribution < -0.4 is 0 Å². The zero-order chi connectivity index (χ0) is 29.6. The Labute approximate surface area is 257 Å². The van der Waals surface area contributed by atoms with Crippen LogP contribution in [0, 0.1) is 0 Å². The van der Waals surface area contributed by atoms with Crippen molar-refractivity contribution in [1.82, 2.24) is 0 Å². The largest absolute Gasteiger partial charge is 0.0616 e. The first-order valence-corrected chi connectivity index (χ1v) is 15.6. The molecule has 0 aliphatic rings. The van der Waals surface area contributed by atoms with Gasteiger partial charge in [0.1, 0.15) is 0 Å². The smallest absolute Gasteiger partial charge is 0.00264 e. The van der Waals surface area contributed by atoms with Gasteiger partial charge < -0.3 is 0 Å². The van der Waals surface area contributed by atoms with Crippen molar-refractivity contribution < 1.29 is 0 Å². The first-order valence-electron chi connectivity index (χ1n) is 15.6. The Morgan fingerprint density at radius 2 is 0.864 bits per heavy atom. The van der Waals surface area contributed by atoms with Gasteiger partial charge in [-0.15, -0.1) is 0 Å². The minimum atomic E-state index is -0.0359. The van der Waals surface area contributed by atoms with E-state index in [9.17, 15) is 0 Å². The molecule has 9 aromatic carbocycles. The van der Waals surface area contributed by atoms with Crippen LogP contribution >= 0.6 is 0 Å². The fraction of sp³-hybridized carbons (Fsp3) is 0.0909. The van der Waals surface area contributed by atoms with Gasteiger partial charge in [-0.1, -0.05) is 136 Å². The van der Waals surface area contributed by atoms with Crippen LogP contribution in [0.3, 0.4) is 0 Å². The van der Waals surface area contributed by atoms with Crippen LogP contribution in [0.5, 0.6) is 0 Å². The van der Waals surface area contributed by atoms with E-state index in [4.69, 9.17) is 0 Å². The Morgan fingerprint density at radius 3 is 1.59 bits per heavy atom. The maximum absolute atomic E-state index is 2.46. The van der Waals surface area contributed by atoms with Gasteiger partial charge in [-0.25, -0.2) is 0 Å². The first-order chi connectivity index (χ1) is 21.4. The van der Waals surface area contributed by atoms with Gasteiger partial charge in [0.2, 0.25) is 0 Å². The molecule has 0 aliphatic carbocycles. The van der Waals surface area contributed by atoms with Crippen molar-refractivity contribution >= 4 is 64.6 Å². The van der Waals surface area contributed by atoms with E-state index in [0.29, 0.717) is 0 Å². The molecule has 0 amide bonds. The molecule has 0 spiro atoms. The first kappa shape index (κ1) is 25.3. The van der Waals surface area contributed by atoms with Crippen molar-refractivity contribution in [2.75, 3.05) is 0 Å². The number of rotatable bonds is 2. The van der Waals surface area contributed by atoms with Crippen LogP contribution in [0.1, 0.15) is 26.3 Å². The maximum Gasteiger partial charge on any atom is -0.00264 e. The molecular formula is C44H32. The highest BCUT2D eigenvalue weighted by atomic mass is 14.3. The minimum absolute atomic E-state index is 0.0359. The summed E-state index contributed by atoms with van der Waals surface area (Å²) >= 11 is 0. The quantitative estimate of drug-likeness (QED) is 0.146. The predicted molar refractivity (Wildman–Crippen MR) is 192 cm³/mol. The van der Waals surface area contributed by atoms with Crippen LogP contribution in [0.15, 0.2) is 140 Å². The number of benzene rings is 9. The molecule has 208 valence electrons. The highest BCUT2D eigenvalue weighted by molar-refractivity contribution is 6.24. The van der Waals surface area contributed by atoms with Crippen molar-refractivity contribution in [3.8, 4) is 22.3 Å². The second-order valence-corrected chi connectivity index (χ2v) is 13.4. The van der Waals surface area contributed by atoms with Gasteiger partial charge in [-0.2, -0.15) is 0 Å². The minimum Gasteiger partial charge on any atom is -0.0616 e. The number of hydrogen-bond donors (Lipinski definition) is 0. The van der Waals surface area contributed by atoms with Crippen molar-refractivity contribution in [1.29, 1.82) is 0 Å². The number of hydrogen-bond acceptors (Lipinski definition) is 0. The molecule has 0 heteroatoms. The third-order valence-electron chi connectivity index (χ3n) is 9.61. The Kier molecular flexibility index (Phi) is 5.26. The predicted octanol–water partition coefficient (Wildman–Crippen LogP) is 12.7. The van der Waals surface area contributed by atoms with Crippen LogP contribution in [-0.4, -0.2) is 0 Å². The molecule has 0 nitrogen and oxygen atoms in total. The van der Waals surface area contributed by atoms with Gasteiger partial charge in [0.25, 0.3) is 0 Å². The van der Waals surface area contributed by atoms with E-state index in [1.807, 2.05) is 0 Å². The fourth-order valence-corrected chi connectivity index (χ4v) is 7.74. The lowest BCUT2D eigenvalue weighted by atomic mass is 9.77. The number of fused-ring (bicyclic) bond motifs is 3. The van der Waals surface area contributed by atoms with Crippen LogP contribution in [0.2, 0.25) is 0 Å². The van der Waals surface area contributed by atoms with Gasteiger partial charge >= 0.3 is 0 Å². The lowest BCUT2D eigenvalue weighted by Gasteiger charge is -2.27. The molecular weight excluding hydrogens is 528 g/mol. The molecule has 0 saturated carbocycles. The average molecular weight is 561 g/mol. The molecule has 0 radical (unpaired) electrons. The lowest BCUT2D eigenvalue weighted by molar-refractivity contribution is 0.601. The molecule has 0 fully saturated rings. The van der Waals surface area contributed by atoms with Crippen molar-refractivity contribution in [3.05, 3.63) is 145 Å². The molecule has 0 heterocycles. The topological polar surface area (TPSA) is 0 Å². The zero-order valence-corrected chi connectivity index (χ0v) is 25.3. The van der Waals surface area contributed by atoms with Crippen LogP contribution in [0.4, 0.5) is 0 Å². The SMILES string of the molecule is CC(C)(C)c1c2ccccc2c(-c2ccc3ccccc3c2)c2ccc(-c3cc4ccc5cccc6ccc(c3)c4c56)cc12. The summed E-state index contributed by atoms with van der Waals surface area (Å²) in [7, 11) is 0. The fourth-order valence-electron chi connectivity index (χ4n) is 7.74. The summed E-state index contributed by atoms with van der Waals surface area (Å²) in [5.74, 6) is 0. The normalized spacial score (nSPS) is 12.4. The summed E-state index contributed by atoms with van der Waals surface area (Å²) in [4.78, 5) is 0. The summed E-state index contributed by atoms with van der Waals surface area (Å²) in [6.07, 6.45) is 0. The third kappa shape index (κ3) is 3.71. The molecule has 9 rings (SSSR count). The summed E-state index contributed by atoms with van der Waals surface area (Å²) in [5.41, 5.74) is 6.47. The molecule has 0 N–H and O–H groups in total. The van der Waals surface area contributed by atoms with E-state index in [2.05, 4.69) is 160 Å². The monoisotopic (exact) mass is 560 g/mol. The van der Waals surface area contributed by atoms with E-state index in [1.165, 1.54) is 92.5 Å². The van der Waals surface area contributed by atoms with Gasteiger partial charge in [0.05, 0.1) is 0 Å². The Morgan fingerprint density at radius 1 is 0.341 bits per heavy atom. The molecule has 0 aliphatic heterocycles. The van der Waals surface area contributed by atoms with Gasteiger partial charge in [0, 0.05) is 0 Å². The highest BCUT2D eigenvalue weighted by Gasteiger charge is 2.24. The molecule has 9 aromatic rings. The van der Waals surface area contributed by atoms with Crippen molar-refractivity contribution in [2.45, 2.75) is 26.2 Å². The van der Waals surface area contributed by atoms with Gasteiger partial charge in [-0.3, -0.25) is 0 Å². The van der Waals surface area contributed by atoms with E-state index in [-0.39, 0.29) is 5.41 Å². The summed E-state index contributed by atoms with van der Waals surface area (Å²) in [5, 5.41) is 15.8.